The summed E-state index contributed by atoms with van der Waals surface area (Å²) in [5.74, 6) is -1.04. The first-order chi connectivity index (χ1) is 26.3. The summed E-state index contributed by atoms with van der Waals surface area (Å²) in [5, 5.41) is 2.55. The minimum atomic E-state index is -4.08. The minimum absolute atomic E-state index is 0.0197. The van der Waals surface area contributed by atoms with Crippen LogP contribution in [0.1, 0.15) is 57.4 Å². The molecule has 3 aromatic carbocycles. The molecule has 3 heterocycles. The highest BCUT2D eigenvalue weighted by molar-refractivity contribution is 7.91. The van der Waals surface area contributed by atoms with Crippen molar-refractivity contribution in [2.45, 2.75) is 72.7 Å². The van der Waals surface area contributed by atoms with Crippen LogP contribution < -0.4 is 10.2 Å². The third kappa shape index (κ3) is 8.16. The summed E-state index contributed by atoms with van der Waals surface area (Å²) >= 11 is 0. The number of piperidine rings is 1. The van der Waals surface area contributed by atoms with Gasteiger partial charge < -0.3 is 19.9 Å². The number of sulfone groups is 1. The first-order valence-corrected chi connectivity index (χ1v) is 20.9. The van der Waals surface area contributed by atoms with Crippen molar-refractivity contribution in [3.63, 3.8) is 0 Å². The summed E-state index contributed by atoms with van der Waals surface area (Å²) in [6, 6.07) is 16.5. The quantitative estimate of drug-likeness (QED) is 0.194. The molecule has 3 saturated heterocycles. The van der Waals surface area contributed by atoms with E-state index in [-0.39, 0.29) is 76.0 Å². The number of halogens is 3. The van der Waals surface area contributed by atoms with E-state index in [0.717, 1.165) is 69.8 Å². The summed E-state index contributed by atoms with van der Waals surface area (Å²) in [5.41, 5.74) is -0.485. The van der Waals surface area contributed by atoms with Gasteiger partial charge in [-0.2, -0.15) is 0 Å². The van der Waals surface area contributed by atoms with Gasteiger partial charge in [0.1, 0.15) is 11.6 Å². The van der Waals surface area contributed by atoms with Gasteiger partial charge in [-0.3, -0.25) is 14.5 Å². The third-order valence-electron chi connectivity index (χ3n) is 12.6. The molecular weight excluding hydrogens is 730 g/mol. The molecule has 3 aliphatic heterocycles. The molecule has 55 heavy (non-hydrogen) atoms. The van der Waals surface area contributed by atoms with Crippen LogP contribution in [0.25, 0.3) is 0 Å². The number of amides is 1. The highest BCUT2D eigenvalue weighted by Gasteiger charge is 2.53. The lowest BCUT2D eigenvalue weighted by molar-refractivity contribution is -0.142. The zero-order valence-corrected chi connectivity index (χ0v) is 32.4. The van der Waals surface area contributed by atoms with Gasteiger partial charge in [0, 0.05) is 37.5 Å². The molecule has 0 bridgehead atoms. The molecule has 1 aliphatic carbocycles. The second-order valence-corrected chi connectivity index (χ2v) is 18.1. The Morgan fingerprint density at radius 3 is 2.27 bits per heavy atom. The lowest BCUT2D eigenvalue weighted by Crippen LogP contribution is -2.65. The Morgan fingerprint density at radius 1 is 0.891 bits per heavy atom. The van der Waals surface area contributed by atoms with Crippen LogP contribution in [0, 0.1) is 29.4 Å². The van der Waals surface area contributed by atoms with E-state index in [1.165, 1.54) is 50.4 Å². The van der Waals surface area contributed by atoms with E-state index in [1.54, 1.807) is 23.1 Å². The zero-order valence-electron chi connectivity index (χ0n) is 31.6. The molecule has 9 nitrogen and oxygen atoms in total. The molecular formula is C42H51F3N4O5S. The maximum Gasteiger partial charge on any atom is 0.305 e. The smallest absolute Gasteiger partial charge is 0.305 e. The number of esters is 1. The molecule has 0 aromatic heterocycles. The predicted molar refractivity (Wildman–Crippen MR) is 204 cm³/mol. The van der Waals surface area contributed by atoms with E-state index in [9.17, 15) is 18.0 Å². The van der Waals surface area contributed by atoms with E-state index in [2.05, 4.69) is 21.2 Å². The molecule has 4 aliphatic rings. The predicted octanol–water partition coefficient (Wildman–Crippen LogP) is 6.62. The molecule has 3 atom stereocenters. The van der Waals surface area contributed by atoms with E-state index < -0.39 is 21.3 Å². The van der Waals surface area contributed by atoms with Crippen molar-refractivity contribution in [1.82, 2.24) is 9.80 Å². The number of hydrogen-bond donors (Lipinski definition) is 1. The van der Waals surface area contributed by atoms with Crippen LogP contribution in [0.2, 0.25) is 0 Å². The zero-order chi connectivity index (χ0) is 39.0. The van der Waals surface area contributed by atoms with Gasteiger partial charge in [0.15, 0.2) is 5.67 Å². The maximum absolute atomic E-state index is 16.3. The fraction of sp³-hybridized carbons (Fsp3) is 0.524. The second-order valence-electron chi connectivity index (χ2n) is 16.1. The molecule has 1 saturated carbocycles. The van der Waals surface area contributed by atoms with Gasteiger partial charge in [-0.05, 0) is 130 Å². The van der Waals surface area contributed by atoms with Crippen molar-refractivity contribution in [2.75, 3.05) is 69.7 Å². The highest BCUT2D eigenvalue weighted by Crippen LogP contribution is 2.54. The van der Waals surface area contributed by atoms with Crippen LogP contribution in [0.4, 0.5) is 24.5 Å². The highest BCUT2D eigenvalue weighted by atomic mass is 32.2. The SMILES string of the molecule is COC(=O)C[C@H]1CCC[C@@H]1[C@](CN1CCC1)(c1cccc(F)c1)C1CCN(CC2(F)CN(c3ccc(S(=O)(=O)c4cccc(NC(C)=O)c4)cc3F)C2)CC1. The van der Waals surface area contributed by atoms with Crippen molar-refractivity contribution < 1.29 is 35.9 Å². The average molecular weight is 781 g/mol. The normalized spacial score (nSPS) is 23.0. The lowest BCUT2D eigenvalue weighted by atomic mass is 9.56. The van der Waals surface area contributed by atoms with Crippen LogP contribution in [-0.2, 0) is 29.6 Å². The van der Waals surface area contributed by atoms with Crippen LogP contribution in [0.5, 0.6) is 0 Å². The van der Waals surface area contributed by atoms with Gasteiger partial charge in [-0.1, -0.05) is 24.6 Å². The van der Waals surface area contributed by atoms with Gasteiger partial charge in [0.05, 0.1) is 35.7 Å². The molecule has 3 aromatic rings. The van der Waals surface area contributed by atoms with Gasteiger partial charge in [0.2, 0.25) is 15.7 Å². The first kappa shape index (κ1) is 39.3. The Labute approximate surface area is 322 Å². The fourth-order valence-corrected chi connectivity index (χ4v) is 11.3. The summed E-state index contributed by atoms with van der Waals surface area (Å²) in [4.78, 5) is 29.9. The average Bonchev–Trinajstić information content (AvgIpc) is 3.59. The number of ether oxygens (including phenoxy) is 1. The monoisotopic (exact) mass is 780 g/mol. The van der Waals surface area contributed by atoms with E-state index in [4.69, 9.17) is 4.74 Å². The van der Waals surface area contributed by atoms with Crippen molar-refractivity contribution >= 4 is 33.1 Å². The molecule has 4 fully saturated rings. The Kier molecular flexibility index (Phi) is 11.4. The first-order valence-electron chi connectivity index (χ1n) is 19.4. The summed E-state index contributed by atoms with van der Waals surface area (Å²) in [6.45, 7) is 5.62. The van der Waals surface area contributed by atoms with Crippen LogP contribution in [0.3, 0.4) is 0 Å². The summed E-state index contributed by atoms with van der Waals surface area (Å²) in [7, 11) is -2.65. The minimum Gasteiger partial charge on any atom is -0.469 e. The number of hydrogen-bond acceptors (Lipinski definition) is 8. The largest absolute Gasteiger partial charge is 0.469 e. The lowest BCUT2D eigenvalue weighted by Gasteiger charge is -2.54. The third-order valence-corrected chi connectivity index (χ3v) is 14.3. The number of carbonyl (C=O) groups is 2. The fourth-order valence-electron chi connectivity index (χ4n) is 9.94. The molecule has 296 valence electrons. The Hall–Kier alpha value is -3.94. The van der Waals surface area contributed by atoms with Gasteiger partial charge in [-0.15, -0.1) is 0 Å². The van der Waals surface area contributed by atoms with Gasteiger partial charge >= 0.3 is 5.97 Å². The second kappa shape index (κ2) is 15.9. The summed E-state index contributed by atoms with van der Waals surface area (Å²) < 4.78 is 78.5. The Bertz CT molecular complexity index is 2000. The van der Waals surface area contributed by atoms with Crippen molar-refractivity contribution in [3.8, 4) is 0 Å². The van der Waals surface area contributed by atoms with Crippen LogP contribution >= 0.6 is 0 Å². The maximum atomic E-state index is 16.3. The number of nitrogens with one attached hydrogen (secondary N) is 1. The molecule has 0 unspecified atom stereocenters. The number of methoxy groups -OCH3 is 1. The van der Waals surface area contributed by atoms with Crippen LogP contribution in [0.15, 0.2) is 76.5 Å². The van der Waals surface area contributed by atoms with Crippen molar-refractivity contribution in [3.05, 3.63) is 83.9 Å². The number of carbonyl (C=O) groups excluding carboxylic acids is 2. The number of rotatable bonds is 13. The van der Waals surface area contributed by atoms with Crippen molar-refractivity contribution in [1.29, 1.82) is 0 Å². The Balaban J connectivity index is 1.03. The van der Waals surface area contributed by atoms with E-state index >= 15 is 13.2 Å². The van der Waals surface area contributed by atoms with Crippen LogP contribution in [-0.4, -0.2) is 95.2 Å². The van der Waals surface area contributed by atoms with Gasteiger partial charge in [0.25, 0.3) is 0 Å². The molecule has 0 radical (unpaired) electrons. The molecule has 1 amide bonds. The van der Waals surface area contributed by atoms with E-state index in [1.807, 2.05) is 0 Å². The molecule has 7 rings (SSSR count). The summed E-state index contributed by atoms with van der Waals surface area (Å²) in [6.07, 6.45) is 6.01. The molecule has 13 heteroatoms. The number of alkyl halides is 1. The molecule has 1 N–H and O–H groups in total. The number of likely N-dealkylation sites (tertiary alicyclic amines) is 2. The van der Waals surface area contributed by atoms with Crippen molar-refractivity contribution in [2.24, 2.45) is 17.8 Å². The standard InChI is InChI=1S/C42H51F3N4O5S/c1-29(50)46-34-10-5-11-35(23-34)55(52,53)36-13-14-39(38(44)24-36)49-26-41(45,27-49)25-48-19-15-31(16-20-48)42(28-47-17-6-18-47,32-8-4-9-33(43)22-32)37-12-3-7-30(37)21-40(51)54-2/h4-5,8-11,13-14,22-24,30-31,37H,3,6-7,12,15-21,25-28H2,1-2H3,(H,46,50)/t30-,37+,42+/m1/s1. The Morgan fingerprint density at radius 2 is 1.62 bits per heavy atom. The van der Waals surface area contributed by atoms with Gasteiger partial charge in [-0.25, -0.2) is 21.6 Å². The topological polar surface area (TPSA) is 99.3 Å². The van der Waals surface area contributed by atoms with E-state index in [0.29, 0.717) is 25.2 Å². The molecule has 0 spiro atoms. The number of benzene rings is 3. The number of anilines is 2. The number of nitrogens with zero attached hydrogens (tertiary/aromatic N) is 3.